The molecule has 0 saturated heterocycles. The summed E-state index contributed by atoms with van der Waals surface area (Å²) in [6.45, 7) is 6.75. The molecule has 0 nitrogen and oxygen atoms in total. The van der Waals surface area contributed by atoms with Gasteiger partial charge in [0.2, 0.25) is 0 Å². The van der Waals surface area contributed by atoms with Crippen molar-refractivity contribution in [1.82, 2.24) is 0 Å². The molecule has 0 aromatic rings. The summed E-state index contributed by atoms with van der Waals surface area (Å²) in [6, 6.07) is 0. The fourth-order valence-electron chi connectivity index (χ4n) is 0.365. The van der Waals surface area contributed by atoms with Gasteiger partial charge in [-0.15, -0.1) is 11.8 Å². The molecule has 0 aromatic carbocycles. The molecule has 0 radical (unpaired) electrons. The number of hydrogen-bond acceptors (Lipinski definition) is 2. The molecule has 0 spiro atoms. The highest BCUT2D eigenvalue weighted by atomic mass is 32.2. The molecule has 9 heavy (non-hydrogen) atoms. The first-order valence-corrected chi connectivity index (χ1v) is 5.70. The highest BCUT2D eigenvalue weighted by Crippen LogP contribution is 2.18. The van der Waals surface area contributed by atoms with Crippen LogP contribution >= 0.6 is 23.5 Å². The Bertz CT molecular complexity index is 54.9. The Morgan fingerprint density at radius 3 is 2.44 bits per heavy atom. The summed E-state index contributed by atoms with van der Waals surface area (Å²) in [5, 5.41) is 2.12. The van der Waals surface area contributed by atoms with E-state index in [1.54, 1.807) is 0 Å². The van der Waals surface area contributed by atoms with E-state index in [1.165, 1.54) is 17.3 Å². The molecule has 1 unspecified atom stereocenters. The first kappa shape index (κ1) is 9.70. The average Bonchev–Trinajstić information content (AvgIpc) is 1.89. The van der Waals surface area contributed by atoms with Gasteiger partial charge in [0.25, 0.3) is 0 Å². The fraction of sp³-hybridized carbons (Fsp3) is 1.00. The van der Waals surface area contributed by atoms with E-state index in [-0.39, 0.29) is 0 Å². The average molecular weight is 164 g/mol. The van der Waals surface area contributed by atoms with Crippen LogP contribution in [-0.4, -0.2) is 16.1 Å². The van der Waals surface area contributed by atoms with Gasteiger partial charge in [-0.25, -0.2) is 0 Å². The zero-order valence-corrected chi connectivity index (χ0v) is 8.15. The van der Waals surface area contributed by atoms with Crippen LogP contribution in [-0.2, 0) is 0 Å². The summed E-state index contributed by atoms with van der Waals surface area (Å²) in [7, 11) is 0. The minimum atomic E-state index is 0.851. The third-order valence-corrected chi connectivity index (χ3v) is 3.74. The molecule has 0 heterocycles. The monoisotopic (exact) mass is 164 g/mol. The summed E-state index contributed by atoms with van der Waals surface area (Å²) >= 11 is 4.08. The van der Waals surface area contributed by atoms with Crippen LogP contribution in [0.2, 0.25) is 0 Å². The van der Waals surface area contributed by atoms with Crippen LogP contribution in [0.3, 0.4) is 0 Å². The van der Waals surface area contributed by atoms with Gasteiger partial charge in [-0.05, 0) is 12.2 Å². The first-order chi connectivity index (χ1) is 4.31. The van der Waals surface area contributed by atoms with Gasteiger partial charge in [-0.3, -0.25) is 0 Å². The molecule has 1 atom stereocenters. The first-order valence-electron chi connectivity index (χ1n) is 3.50. The maximum absolute atomic E-state index is 2.29. The maximum atomic E-state index is 2.29. The summed E-state index contributed by atoms with van der Waals surface area (Å²) in [6.07, 6.45) is 1.30. The smallest absolute Gasteiger partial charge is 0.0394 e. The van der Waals surface area contributed by atoms with Gasteiger partial charge < -0.3 is 0 Å². The fourth-order valence-corrected chi connectivity index (χ4v) is 2.58. The molecule has 0 N–H and O–H groups in total. The molecule has 0 aromatic heterocycles. The van der Waals surface area contributed by atoms with Crippen LogP contribution < -0.4 is 0 Å². The zero-order valence-electron chi connectivity index (χ0n) is 6.52. The lowest BCUT2D eigenvalue weighted by atomic mass is 10.4. The van der Waals surface area contributed by atoms with Crippen LogP contribution in [0.15, 0.2) is 0 Å². The molecule has 0 rings (SSSR count). The molecule has 0 aliphatic rings. The second-order valence-corrected chi connectivity index (χ2v) is 5.06. The van der Waals surface area contributed by atoms with Gasteiger partial charge in [-0.2, -0.15) is 11.8 Å². The molecular weight excluding hydrogens is 148 g/mol. The van der Waals surface area contributed by atoms with E-state index in [0.717, 1.165) is 5.25 Å². The van der Waals surface area contributed by atoms with E-state index >= 15 is 0 Å². The zero-order chi connectivity index (χ0) is 7.11. The van der Waals surface area contributed by atoms with E-state index in [9.17, 15) is 0 Å². The van der Waals surface area contributed by atoms with Crippen LogP contribution in [0.25, 0.3) is 0 Å². The van der Waals surface area contributed by atoms with Crippen molar-refractivity contribution in [2.45, 2.75) is 32.4 Å². The standard InChI is InChI=1S/C7H16S2/c1-4-7(3)9-6-8-5-2/h7H,4-6H2,1-3H3. The van der Waals surface area contributed by atoms with Crippen LogP contribution in [0.1, 0.15) is 27.2 Å². The van der Waals surface area contributed by atoms with E-state index in [1.807, 2.05) is 11.8 Å². The normalized spacial score (nSPS) is 13.7. The van der Waals surface area contributed by atoms with Crippen molar-refractivity contribution in [2.75, 3.05) is 10.8 Å². The SMILES string of the molecule is CCSCSC(C)CC. The Labute approximate surface area is 67.2 Å². The molecule has 0 fully saturated rings. The van der Waals surface area contributed by atoms with E-state index in [2.05, 4.69) is 32.5 Å². The number of rotatable bonds is 5. The third-order valence-electron chi connectivity index (χ3n) is 1.21. The Morgan fingerprint density at radius 1 is 1.33 bits per heavy atom. The summed E-state index contributed by atoms with van der Waals surface area (Å²) in [5.41, 5.74) is 0. The summed E-state index contributed by atoms with van der Waals surface area (Å²) in [5.74, 6) is 1.25. The second kappa shape index (κ2) is 6.81. The van der Waals surface area contributed by atoms with Crippen LogP contribution in [0.4, 0.5) is 0 Å². The van der Waals surface area contributed by atoms with Crippen LogP contribution in [0, 0.1) is 0 Å². The Hall–Kier alpha value is 0.700. The topological polar surface area (TPSA) is 0 Å². The molecule has 0 aliphatic heterocycles. The van der Waals surface area contributed by atoms with E-state index in [0.29, 0.717) is 0 Å². The molecule has 2 heteroatoms. The minimum absolute atomic E-state index is 0.851. The predicted molar refractivity (Wildman–Crippen MR) is 50.3 cm³/mol. The van der Waals surface area contributed by atoms with Gasteiger partial charge in [0.05, 0.1) is 0 Å². The Balaban J connectivity index is 2.88. The van der Waals surface area contributed by atoms with Crippen molar-refractivity contribution < 1.29 is 0 Å². The van der Waals surface area contributed by atoms with Crippen molar-refractivity contribution in [3.63, 3.8) is 0 Å². The molecule has 0 bridgehead atoms. The van der Waals surface area contributed by atoms with Gasteiger partial charge in [0, 0.05) is 10.3 Å². The lowest BCUT2D eigenvalue weighted by Crippen LogP contribution is -1.92. The maximum Gasteiger partial charge on any atom is 0.0394 e. The van der Waals surface area contributed by atoms with Crippen LogP contribution in [0.5, 0.6) is 0 Å². The highest BCUT2D eigenvalue weighted by Gasteiger charge is 1.96. The van der Waals surface area contributed by atoms with Crippen molar-refractivity contribution >= 4 is 23.5 Å². The van der Waals surface area contributed by atoms with Crippen molar-refractivity contribution in [3.8, 4) is 0 Å². The highest BCUT2D eigenvalue weighted by molar-refractivity contribution is 8.16. The number of hydrogen-bond donors (Lipinski definition) is 0. The van der Waals surface area contributed by atoms with Gasteiger partial charge in [0.15, 0.2) is 0 Å². The van der Waals surface area contributed by atoms with Gasteiger partial charge >= 0.3 is 0 Å². The van der Waals surface area contributed by atoms with E-state index < -0.39 is 0 Å². The largest absolute Gasteiger partial charge is 0.151 e. The van der Waals surface area contributed by atoms with E-state index in [4.69, 9.17) is 0 Å². The Morgan fingerprint density at radius 2 is 2.00 bits per heavy atom. The minimum Gasteiger partial charge on any atom is -0.151 e. The van der Waals surface area contributed by atoms with Crippen molar-refractivity contribution in [1.29, 1.82) is 0 Å². The molecule has 0 saturated carbocycles. The van der Waals surface area contributed by atoms with Gasteiger partial charge in [0.1, 0.15) is 0 Å². The van der Waals surface area contributed by atoms with Crippen molar-refractivity contribution in [3.05, 3.63) is 0 Å². The number of thioether (sulfide) groups is 2. The lowest BCUT2D eigenvalue weighted by molar-refractivity contribution is 0.908. The second-order valence-electron chi connectivity index (χ2n) is 2.00. The quantitative estimate of drug-likeness (QED) is 0.452. The lowest BCUT2D eigenvalue weighted by Gasteiger charge is -2.05. The predicted octanol–water partition coefficient (Wildman–Crippen LogP) is 3.23. The molecule has 0 amide bonds. The molecule has 56 valence electrons. The Kier molecular flexibility index (Phi) is 7.34. The molecule has 0 aliphatic carbocycles. The molecular formula is C7H16S2. The summed E-state index contributed by atoms with van der Waals surface area (Å²) < 4.78 is 0. The third kappa shape index (κ3) is 6.59. The summed E-state index contributed by atoms with van der Waals surface area (Å²) in [4.78, 5) is 0. The van der Waals surface area contributed by atoms with Crippen molar-refractivity contribution in [2.24, 2.45) is 0 Å². The van der Waals surface area contributed by atoms with Gasteiger partial charge in [-0.1, -0.05) is 20.8 Å².